The Bertz CT molecular complexity index is 748. The highest BCUT2D eigenvalue weighted by Crippen LogP contribution is 2.19. The lowest BCUT2D eigenvalue weighted by Crippen LogP contribution is -2.49. The molecule has 2 N–H and O–H groups in total. The minimum atomic E-state index is -0.00941. The fraction of sp³-hybridized carbons (Fsp3) is 0.500. The maximum atomic E-state index is 12.6. The zero-order chi connectivity index (χ0) is 18.0. The number of nitrogens with zero attached hydrogens (tertiary/aromatic N) is 4. The van der Waals surface area contributed by atoms with Crippen LogP contribution in [-0.4, -0.2) is 47.0 Å². The molecule has 1 fully saturated rings. The van der Waals surface area contributed by atoms with Gasteiger partial charge in [-0.05, 0) is 13.0 Å². The van der Waals surface area contributed by atoms with Crippen LogP contribution in [0.5, 0.6) is 0 Å². The zero-order valence-corrected chi connectivity index (χ0v) is 15.0. The number of aromatic nitrogens is 2. The molecule has 0 unspecified atom stereocenters. The predicted octanol–water partition coefficient (Wildman–Crippen LogP) is 1.92. The number of hydrogen-bond donors (Lipinski definition) is 1. The predicted molar refractivity (Wildman–Crippen MR) is 95.6 cm³/mol. The van der Waals surface area contributed by atoms with E-state index in [2.05, 4.69) is 28.7 Å². The highest BCUT2D eigenvalue weighted by Gasteiger charge is 2.24. The van der Waals surface area contributed by atoms with Crippen LogP contribution in [0.4, 0.5) is 5.82 Å². The van der Waals surface area contributed by atoms with Gasteiger partial charge >= 0.3 is 0 Å². The van der Waals surface area contributed by atoms with Crippen molar-refractivity contribution in [2.24, 2.45) is 5.73 Å². The number of carbonyl (C=O) groups is 1. The molecule has 0 aromatic carbocycles. The zero-order valence-electron chi connectivity index (χ0n) is 15.0. The maximum Gasteiger partial charge on any atom is 0.257 e. The first-order valence-electron chi connectivity index (χ1n) is 8.65. The van der Waals surface area contributed by atoms with Gasteiger partial charge in [0.15, 0.2) is 0 Å². The van der Waals surface area contributed by atoms with Crippen molar-refractivity contribution in [3.63, 3.8) is 0 Å². The molecule has 134 valence electrons. The van der Waals surface area contributed by atoms with Crippen LogP contribution in [0.15, 0.2) is 22.8 Å². The molecular weight excluding hydrogens is 318 g/mol. The number of piperazine rings is 1. The fourth-order valence-corrected chi connectivity index (χ4v) is 2.92. The van der Waals surface area contributed by atoms with Crippen LogP contribution < -0.4 is 10.6 Å². The van der Waals surface area contributed by atoms with E-state index >= 15 is 0 Å². The van der Waals surface area contributed by atoms with Crippen molar-refractivity contribution in [1.29, 1.82) is 0 Å². The molecule has 0 saturated carbocycles. The van der Waals surface area contributed by atoms with Gasteiger partial charge in [-0.2, -0.15) is 0 Å². The molecular formula is C18H25N5O2. The van der Waals surface area contributed by atoms with Gasteiger partial charge in [0.25, 0.3) is 5.91 Å². The summed E-state index contributed by atoms with van der Waals surface area (Å²) in [4.78, 5) is 25.8. The summed E-state index contributed by atoms with van der Waals surface area (Å²) in [6, 6.07) is 3.73. The molecule has 1 saturated heterocycles. The number of rotatable bonds is 4. The van der Waals surface area contributed by atoms with E-state index < -0.39 is 0 Å². The second-order valence-electron chi connectivity index (χ2n) is 6.67. The van der Waals surface area contributed by atoms with Crippen molar-refractivity contribution in [2.75, 3.05) is 31.1 Å². The van der Waals surface area contributed by atoms with E-state index in [-0.39, 0.29) is 5.91 Å². The van der Waals surface area contributed by atoms with Gasteiger partial charge in [0.1, 0.15) is 23.7 Å². The summed E-state index contributed by atoms with van der Waals surface area (Å²) in [6.07, 6.45) is 1.49. The molecule has 0 spiro atoms. The first-order chi connectivity index (χ1) is 12.0. The Morgan fingerprint density at radius 1 is 1.24 bits per heavy atom. The van der Waals surface area contributed by atoms with Gasteiger partial charge < -0.3 is 20.0 Å². The summed E-state index contributed by atoms with van der Waals surface area (Å²) < 4.78 is 5.27. The summed E-state index contributed by atoms with van der Waals surface area (Å²) in [6.45, 7) is 9.29. The molecule has 7 nitrogen and oxygen atoms in total. The lowest BCUT2D eigenvalue weighted by atomic mass is 10.2. The minimum absolute atomic E-state index is 0.00941. The van der Waals surface area contributed by atoms with E-state index in [1.54, 1.807) is 6.07 Å². The number of anilines is 1. The lowest BCUT2D eigenvalue weighted by Gasteiger charge is -2.35. The number of furan rings is 1. The average Bonchev–Trinajstić information content (AvgIpc) is 3.10. The van der Waals surface area contributed by atoms with E-state index in [9.17, 15) is 4.79 Å². The normalized spacial score (nSPS) is 15.1. The Morgan fingerprint density at radius 2 is 1.96 bits per heavy atom. The third-order valence-electron chi connectivity index (χ3n) is 4.37. The summed E-state index contributed by atoms with van der Waals surface area (Å²) in [5.74, 6) is 2.71. The molecule has 1 aliphatic heterocycles. The van der Waals surface area contributed by atoms with Gasteiger partial charge in [-0.1, -0.05) is 13.8 Å². The topological polar surface area (TPSA) is 88.5 Å². The molecule has 0 aliphatic carbocycles. The molecule has 1 amide bonds. The number of aryl methyl sites for hydroxylation is 1. The lowest BCUT2D eigenvalue weighted by molar-refractivity contribution is 0.0745. The van der Waals surface area contributed by atoms with Crippen molar-refractivity contribution in [3.05, 3.63) is 41.2 Å². The molecule has 1 aliphatic rings. The molecule has 2 aromatic heterocycles. The third kappa shape index (κ3) is 3.82. The highest BCUT2D eigenvalue weighted by molar-refractivity contribution is 5.94. The van der Waals surface area contributed by atoms with Crippen LogP contribution in [0, 0.1) is 6.92 Å². The van der Waals surface area contributed by atoms with Gasteiger partial charge in [0.05, 0.1) is 12.1 Å². The largest absolute Gasteiger partial charge is 0.467 e. The molecule has 7 heteroatoms. The van der Waals surface area contributed by atoms with E-state index in [4.69, 9.17) is 10.2 Å². The SMILES string of the molecule is Cc1cc(N2CCN(C(=O)c3coc(CN)c3)CC2)nc(C(C)C)n1. The Morgan fingerprint density at radius 3 is 2.56 bits per heavy atom. The van der Waals surface area contributed by atoms with Gasteiger partial charge in [0, 0.05) is 43.9 Å². The Kier molecular flexibility index (Phi) is 5.03. The van der Waals surface area contributed by atoms with Crippen LogP contribution in [0.1, 0.15) is 47.4 Å². The quantitative estimate of drug-likeness (QED) is 0.912. The van der Waals surface area contributed by atoms with Crippen LogP contribution in [0.3, 0.4) is 0 Å². The van der Waals surface area contributed by atoms with Crippen molar-refractivity contribution in [2.45, 2.75) is 33.2 Å². The van der Waals surface area contributed by atoms with Gasteiger partial charge in [-0.3, -0.25) is 4.79 Å². The van der Waals surface area contributed by atoms with Crippen LogP contribution >= 0.6 is 0 Å². The molecule has 2 aromatic rings. The first kappa shape index (κ1) is 17.4. The molecule has 3 rings (SSSR count). The molecule has 0 radical (unpaired) electrons. The summed E-state index contributed by atoms with van der Waals surface area (Å²) in [7, 11) is 0. The van der Waals surface area contributed by atoms with Gasteiger partial charge in [-0.25, -0.2) is 9.97 Å². The van der Waals surface area contributed by atoms with Gasteiger partial charge in [0.2, 0.25) is 0 Å². The average molecular weight is 343 g/mol. The number of carbonyl (C=O) groups excluding carboxylic acids is 1. The van der Waals surface area contributed by atoms with Crippen LogP contribution in [-0.2, 0) is 6.54 Å². The number of amides is 1. The Balaban J connectivity index is 1.66. The van der Waals surface area contributed by atoms with Crippen LogP contribution in [0.2, 0.25) is 0 Å². The maximum absolute atomic E-state index is 12.6. The van der Waals surface area contributed by atoms with Gasteiger partial charge in [-0.15, -0.1) is 0 Å². The minimum Gasteiger partial charge on any atom is -0.467 e. The summed E-state index contributed by atoms with van der Waals surface area (Å²) in [5, 5.41) is 0. The van der Waals surface area contributed by atoms with Crippen molar-refractivity contribution < 1.29 is 9.21 Å². The summed E-state index contributed by atoms with van der Waals surface area (Å²) in [5.41, 5.74) is 7.07. The smallest absolute Gasteiger partial charge is 0.257 e. The Hall–Kier alpha value is -2.41. The van der Waals surface area contributed by atoms with E-state index in [0.717, 1.165) is 30.4 Å². The van der Waals surface area contributed by atoms with Crippen molar-refractivity contribution >= 4 is 11.7 Å². The molecule has 3 heterocycles. The number of hydrogen-bond acceptors (Lipinski definition) is 6. The molecule has 0 atom stereocenters. The molecule has 0 bridgehead atoms. The monoisotopic (exact) mass is 343 g/mol. The van der Waals surface area contributed by atoms with E-state index in [0.29, 0.717) is 36.9 Å². The van der Waals surface area contributed by atoms with Crippen LogP contribution in [0.25, 0.3) is 0 Å². The van der Waals surface area contributed by atoms with Crippen molar-refractivity contribution in [3.8, 4) is 0 Å². The van der Waals surface area contributed by atoms with E-state index in [1.807, 2.05) is 17.9 Å². The fourth-order valence-electron chi connectivity index (χ4n) is 2.92. The number of nitrogens with two attached hydrogens (primary N) is 1. The van der Waals surface area contributed by atoms with Crippen molar-refractivity contribution in [1.82, 2.24) is 14.9 Å². The van der Waals surface area contributed by atoms with E-state index in [1.165, 1.54) is 6.26 Å². The third-order valence-corrected chi connectivity index (χ3v) is 4.37. The first-order valence-corrected chi connectivity index (χ1v) is 8.65. The second kappa shape index (κ2) is 7.23. The standard InChI is InChI=1S/C18H25N5O2/c1-12(2)17-20-13(3)8-16(21-17)22-4-6-23(7-5-22)18(24)14-9-15(10-19)25-11-14/h8-9,11-12H,4-7,10,19H2,1-3H3. The Labute approximate surface area is 147 Å². The highest BCUT2D eigenvalue weighted by atomic mass is 16.3. The summed E-state index contributed by atoms with van der Waals surface area (Å²) >= 11 is 0. The molecule has 25 heavy (non-hydrogen) atoms. The second-order valence-corrected chi connectivity index (χ2v) is 6.67.